The number of ether oxygens (including phenoxy) is 2. The fourth-order valence-electron chi connectivity index (χ4n) is 2.14. The molecule has 0 fully saturated rings. The molecule has 0 N–H and O–H groups in total. The van der Waals surface area contributed by atoms with Gasteiger partial charge in [-0.15, -0.1) is 0 Å². The number of hydrogen-bond acceptors (Lipinski definition) is 3. The fourth-order valence-corrected chi connectivity index (χ4v) is 2.14. The van der Waals surface area contributed by atoms with E-state index in [1.54, 1.807) is 6.92 Å². The van der Waals surface area contributed by atoms with Crippen molar-refractivity contribution in [2.24, 2.45) is 0 Å². The third-order valence-electron chi connectivity index (χ3n) is 3.00. The lowest BCUT2D eigenvalue weighted by atomic mass is 9.91. The maximum Gasteiger partial charge on any atom is 0.416 e. The standard InChI is InChI=1S/C13H13F3O3/c1-8(4-5-17)11-9(13(14,15)16)2-3-10-12(11)19-7-6-18-10/h2-3,5,8H,4,6-7H2,1H3. The summed E-state index contributed by atoms with van der Waals surface area (Å²) in [6.07, 6.45) is -3.88. The third kappa shape index (κ3) is 2.67. The number of carbonyl (C=O) groups excluding carboxylic acids is 1. The summed E-state index contributed by atoms with van der Waals surface area (Å²) in [6.45, 7) is 2.08. The molecule has 0 aliphatic carbocycles. The van der Waals surface area contributed by atoms with Crippen molar-refractivity contribution in [1.29, 1.82) is 0 Å². The molecule has 104 valence electrons. The molecule has 0 saturated carbocycles. The van der Waals surface area contributed by atoms with E-state index in [0.717, 1.165) is 6.07 Å². The number of hydrogen-bond donors (Lipinski definition) is 0. The Morgan fingerprint density at radius 3 is 2.63 bits per heavy atom. The minimum absolute atomic E-state index is 0.00287. The lowest BCUT2D eigenvalue weighted by Crippen LogP contribution is -2.20. The molecule has 0 bridgehead atoms. The Morgan fingerprint density at radius 2 is 2.00 bits per heavy atom. The molecule has 2 rings (SSSR count). The van der Waals surface area contributed by atoms with Crippen LogP contribution in [-0.2, 0) is 11.0 Å². The van der Waals surface area contributed by atoms with Gasteiger partial charge in [-0.2, -0.15) is 13.2 Å². The van der Waals surface area contributed by atoms with Crippen molar-refractivity contribution < 1.29 is 27.4 Å². The minimum atomic E-state index is -4.48. The van der Waals surface area contributed by atoms with E-state index >= 15 is 0 Å². The predicted octanol–water partition coefficient (Wildman–Crippen LogP) is 3.17. The van der Waals surface area contributed by atoms with Gasteiger partial charge in [-0.3, -0.25) is 0 Å². The summed E-state index contributed by atoms with van der Waals surface area (Å²) in [5.74, 6) is -0.173. The Bertz CT molecular complexity index is 483. The topological polar surface area (TPSA) is 35.5 Å². The second kappa shape index (κ2) is 5.11. The molecule has 1 atom stereocenters. The number of alkyl halides is 3. The van der Waals surface area contributed by atoms with Crippen LogP contribution in [0.1, 0.15) is 30.4 Å². The van der Waals surface area contributed by atoms with Gasteiger partial charge in [0.15, 0.2) is 11.5 Å². The molecular formula is C13H13F3O3. The van der Waals surface area contributed by atoms with Crippen LogP contribution in [0.15, 0.2) is 12.1 Å². The molecule has 19 heavy (non-hydrogen) atoms. The van der Waals surface area contributed by atoms with E-state index in [1.807, 2.05) is 0 Å². The Kier molecular flexibility index (Phi) is 3.68. The predicted molar refractivity (Wildman–Crippen MR) is 61.5 cm³/mol. The molecule has 0 amide bonds. The van der Waals surface area contributed by atoms with E-state index in [9.17, 15) is 18.0 Å². The average Bonchev–Trinajstić information content (AvgIpc) is 2.36. The molecule has 0 spiro atoms. The Balaban J connectivity index is 2.58. The molecular weight excluding hydrogens is 261 g/mol. The van der Waals surface area contributed by atoms with E-state index in [1.165, 1.54) is 6.07 Å². The third-order valence-corrected chi connectivity index (χ3v) is 3.00. The van der Waals surface area contributed by atoms with Crippen LogP contribution < -0.4 is 9.47 Å². The van der Waals surface area contributed by atoms with Crippen molar-refractivity contribution in [1.82, 2.24) is 0 Å². The van der Waals surface area contributed by atoms with E-state index in [4.69, 9.17) is 9.47 Å². The molecule has 0 saturated heterocycles. The number of rotatable bonds is 3. The number of carbonyl (C=O) groups is 1. The lowest BCUT2D eigenvalue weighted by molar-refractivity contribution is -0.138. The SMILES string of the molecule is CC(CC=O)c1c(C(F)(F)F)ccc2c1OCCO2. The Morgan fingerprint density at radius 1 is 1.32 bits per heavy atom. The molecule has 0 radical (unpaired) electrons. The first kappa shape index (κ1) is 13.7. The van der Waals surface area contributed by atoms with Crippen molar-refractivity contribution in [3.8, 4) is 11.5 Å². The molecule has 1 aromatic carbocycles. The van der Waals surface area contributed by atoms with Gasteiger partial charge in [0.2, 0.25) is 0 Å². The van der Waals surface area contributed by atoms with Crippen molar-refractivity contribution >= 4 is 6.29 Å². The Labute approximate surface area is 108 Å². The van der Waals surface area contributed by atoms with Gasteiger partial charge in [0.05, 0.1) is 5.56 Å². The molecule has 1 heterocycles. The second-order valence-corrected chi connectivity index (χ2v) is 4.35. The zero-order valence-corrected chi connectivity index (χ0v) is 10.3. The van der Waals surface area contributed by atoms with Gasteiger partial charge in [-0.05, 0) is 18.1 Å². The smallest absolute Gasteiger partial charge is 0.416 e. The monoisotopic (exact) mass is 274 g/mol. The summed E-state index contributed by atoms with van der Waals surface area (Å²) in [4.78, 5) is 10.6. The van der Waals surface area contributed by atoms with Crippen molar-refractivity contribution in [3.05, 3.63) is 23.3 Å². The lowest BCUT2D eigenvalue weighted by Gasteiger charge is -2.26. The molecule has 1 aromatic rings. The number of halogens is 3. The van der Waals surface area contributed by atoms with Crippen LogP contribution in [0.5, 0.6) is 11.5 Å². The molecule has 6 heteroatoms. The number of fused-ring (bicyclic) bond motifs is 1. The van der Waals surface area contributed by atoms with E-state index in [2.05, 4.69) is 0 Å². The molecule has 1 unspecified atom stereocenters. The highest BCUT2D eigenvalue weighted by Crippen LogP contribution is 2.45. The average molecular weight is 274 g/mol. The number of aldehydes is 1. The van der Waals surface area contributed by atoms with Gasteiger partial charge < -0.3 is 14.3 Å². The Hall–Kier alpha value is -1.72. The zero-order chi connectivity index (χ0) is 14.0. The van der Waals surface area contributed by atoms with Crippen molar-refractivity contribution in [2.75, 3.05) is 13.2 Å². The van der Waals surface area contributed by atoms with Crippen molar-refractivity contribution in [3.63, 3.8) is 0 Å². The fraction of sp³-hybridized carbons (Fsp3) is 0.462. The molecule has 0 aromatic heterocycles. The summed E-state index contributed by atoms with van der Waals surface area (Å²) in [5.41, 5.74) is -0.775. The van der Waals surface area contributed by atoms with Gasteiger partial charge in [0.1, 0.15) is 19.5 Å². The van der Waals surface area contributed by atoms with E-state index in [-0.39, 0.29) is 24.3 Å². The van der Waals surface area contributed by atoms with Crippen LogP contribution in [-0.4, -0.2) is 19.5 Å². The van der Waals surface area contributed by atoms with Crippen LogP contribution >= 0.6 is 0 Å². The van der Waals surface area contributed by atoms with Gasteiger partial charge in [0, 0.05) is 12.0 Å². The highest BCUT2D eigenvalue weighted by atomic mass is 19.4. The minimum Gasteiger partial charge on any atom is -0.486 e. The van der Waals surface area contributed by atoms with E-state index in [0.29, 0.717) is 18.6 Å². The maximum absolute atomic E-state index is 13.0. The summed E-state index contributed by atoms with van der Waals surface area (Å²) in [6, 6.07) is 2.23. The summed E-state index contributed by atoms with van der Waals surface area (Å²) in [7, 11) is 0. The highest BCUT2D eigenvalue weighted by Gasteiger charge is 2.37. The van der Waals surface area contributed by atoms with Crippen molar-refractivity contribution in [2.45, 2.75) is 25.4 Å². The summed E-state index contributed by atoms with van der Waals surface area (Å²) in [5, 5.41) is 0. The first-order valence-corrected chi connectivity index (χ1v) is 5.88. The van der Waals surface area contributed by atoms with Crippen LogP contribution in [0.2, 0.25) is 0 Å². The second-order valence-electron chi connectivity index (χ2n) is 4.35. The van der Waals surface area contributed by atoms with Gasteiger partial charge in [0.25, 0.3) is 0 Å². The maximum atomic E-state index is 13.0. The zero-order valence-electron chi connectivity index (χ0n) is 10.3. The number of benzene rings is 1. The first-order chi connectivity index (χ1) is 8.95. The molecule has 1 aliphatic rings. The molecule has 1 aliphatic heterocycles. The van der Waals surface area contributed by atoms with E-state index < -0.39 is 17.7 Å². The summed E-state index contributed by atoms with van der Waals surface area (Å²) >= 11 is 0. The normalized spacial score (nSPS) is 16.0. The largest absolute Gasteiger partial charge is 0.486 e. The molecule has 3 nitrogen and oxygen atoms in total. The van der Waals surface area contributed by atoms with Gasteiger partial charge >= 0.3 is 6.18 Å². The highest BCUT2D eigenvalue weighted by molar-refractivity contribution is 5.58. The quantitative estimate of drug-likeness (QED) is 0.794. The first-order valence-electron chi connectivity index (χ1n) is 5.88. The van der Waals surface area contributed by atoms with Crippen LogP contribution in [0.25, 0.3) is 0 Å². The van der Waals surface area contributed by atoms with Crippen LogP contribution in [0.4, 0.5) is 13.2 Å². The van der Waals surface area contributed by atoms with Crippen LogP contribution in [0, 0.1) is 0 Å². The summed E-state index contributed by atoms with van der Waals surface area (Å²) < 4.78 is 49.7. The van der Waals surface area contributed by atoms with Gasteiger partial charge in [-0.1, -0.05) is 6.92 Å². The van der Waals surface area contributed by atoms with Crippen LogP contribution in [0.3, 0.4) is 0 Å². The van der Waals surface area contributed by atoms with Gasteiger partial charge in [-0.25, -0.2) is 0 Å².